The highest BCUT2D eigenvalue weighted by Gasteiger charge is 2.24. The van der Waals surface area contributed by atoms with Crippen molar-refractivity contribution in [1.82, 2.24) is 9.55 Å². The van der Waals surface area contributed by atoms with E-state index in [1.54, 1.807) is 36.4 Å². The van der Waals surface area contributed by atoms with E-state index in [-0.39, 0.29) is 17.2 Å². The van der Waals surface area contributed by atoms with Gasteiger partial charge in [-0.2, -0.15) is 0 Å². The second-order valence-corrected chi connectivity index (χ2v) is 6.71. The van der Waals surface area contributed by atoms with Gasteiger partial charge in [0.05, 0.1) is 22.2 Å². The van der Waals surface area contributed by atoms with E-state index in [1.807, 2.05) is 30.3 Å². The van der Waals surface area contributed by atoms with Gasteiger partial charge in [0, 0.05) is 17.3 Å². The molecule has 0 saturated heterocycles. The van der Waals surface area contributed by atoms with Crippen LogP contribution in [0.4, 0.5) is 5.69 Å². The van der Waals surface area contributed by atoms with E-state index in [2.05, 4.69) is 10.3 Å². The Morgan fingerprint density at radius 1 is 0.931 bits per heavy atom. The zero-order valence-electron chi connectivity index (χ0n) is 15.2. The number of hydrogen-bond donors (Lipinski definition) is 2. The highest BCUT2D eigenvalue weighted by atomic mass is 16.3. The molecule has 5 rings (SSSR count). The lowest BCUT2D eigenvalue weighted by molar-refractivity contribution is -0.110. The van der Waals surface area contributed by atoms with Crippen molar-refractivity contribution in [3.63, 3.8) is 0 Å². The summed E-state index contributed by atoms with van der Waals surface area (Å²) in [5, 5.41) is 13.2. The number of aromatic hydroxyl groups is 1. The molecule has 0 bridgehead atoms. The van der Waals surface area contributed by atoms with Crippen LogP contribution in [0.25, 0.3) is 28.2 Å². The average Bonchev–Trinajstić information content (AvgIpc) is 3.03. The quantitative estimate of drug-likeness (QED) is 0.520. The Kier molecular flexibility index (Phi) is 3.77. The van der Waals surface area contributed by atoms with Crippen molar-refractivity contribution in [3.05, 3.63) is 94.5 Å². The number of nitrogens with one attached hydrogen (secondary N) is 1. The maximum absolute atomic E-state index is 13.3. The highest BCUT2D eigenvalue weighted by Crippen LogP contribution is 2.32. The highest BCUT2D eigenvalue weighted by molar-refractivity contribution is 6.34. The summed E-state index contributed by atoms with van der Waals surface area (Å²) in [7, 11) is 0. The van der Waals surface area contributed by atoms with Crippen molar-refractivity contribution in [2.24, 2.45) is 0 Å². The van der Waals surface area contributed by atoms with Crippen molar-refractivity contribution >= 4 is 34.1 Å². The zero-order valence-corrected chi connectivity index (χ0v) is 15.2. The summed E-state index contributed by atoms with van der Waals surface area (Å²) in [5.74, 6) is 0.0855. The molecule has 29 heavy (non-hydrogen) atoms. The third kappa shape index (κ3) is 2.78. The van der Waals surface area contributed by atoms with Gasteiger partial charge in [0.1, 0.15) is 11.6 Å². The lowest BCUT2D eigenvalue weighted by Gasteiger charge is -2.12. The number of aromatic nitrogens is 2. The van der Waals surface area contributed by atoms with E-state index in [0.29, 0.717) is 28.0 Å². The maximum atomic E-state index is 13.3. The Hall–Kier alpha value is -4.19. The molecule has 1 aliphatic rings. The third-order valence-corrected chi connectivity index (χ3v) is 4.87. The van der Waals surface area contributed by atoms with Crippen LogP contribution < -0.4 is 10.9 Å². The molecule has 1 aromatic heterocycles. The first-order valence-corrected chi connectivity index (χ1v) is 9.05. The van der Waals surface area contributed by atoms with Gasteiger partial charge in [0.15, 0.2) is 0 Å². The molecule has 4 aromatic rings. The Labute approximate surface area is 165 Å². The standard InChI is InChI=1S/C23H15N3O3/c27-15-7-5-6-14(12-15)26-21(24-20-11-4-2-9-17(20)23(26)29)13-18-16-8-1-3-10-19(16)25-22(18)28/h1-13,27H,(H,25,28)/b18-13-. The Balaban J connectivity index is 1.83. The minimum atomic E-state index is -0.278. The van der Waals surface area contributed by atoms with Crippen LogP contribution in [0.15, 0.2) is 77.6 Å². The molecule has 1 amide bonds. The van der Waals surface area contributed by atoms with Gasteiger partial charge in [-0.25, -0.2) is 4.98 Å². The normalized spacial score (nSPS) is 14.2. The molecule has 0 saturated carbocycles. The second kappa shape index (κ2) is 6.45. The molecular weight excluding hydrogens is 366 g/mol. The summed E-state index contributed by atoms with van der Waals surface area (Å²) in [4.78, 5) is 30.5. The van der Waals surface area contributed by atoms with Gasteiger partial charge in [-0.1, -0.05) is 36.4 Å². The van der Waals surface area contributed by atoms with Crippen LogP contribution in [0.5, 0.6) is 5.75 Å². The molecule has 0 radical (unpaired) electrons. The van der Waals surface area contributed by atoms with Gasteiger partial charge in [0.2, 0.25) is 0 Å². The molecule has 140 valence electrons. The fraction of sp³-hybridized carbons (Fsp3) is 0. The lowest BCUT2D eigenvalue weighted by atomic mass is 10.1. The number of anilines is 1. The maximum Gasteiger partial charge on any atom is 0.266 e. The molecular formula is C23H15N3O3. The summed E-state index contributed by atoms with van der Waals surface area (Å²) >= 11 is 0. The van der Waals surface area contributed by atoms with Crippen LogP contribution >= 0.6 is 0 Å². The summed E-state index contributed by atoms with van der Waals surface area (Å²) in [6.45, 7) is 0. The van der Waals surface area contributed by atoms with E-state index in [4.69, 9.17) is 0 Å². The van der Waals surface area contributed by atoms with Crippen LogP contribution in [0, 0.1) is 0 Å². The number of benzene rings is 3. The van der Waals surface area contributed by atoms with E-state index in [1.165, 1.54) is 16.7 Å². The predicted octanol–water partition coefficient (Wildman–Crippen LogP) is 3.58. The van der Waals surface area contributed by atoms with E-state index >= 15 is 0 Å². The molecule has 3 aromatic carbocycles. The first-order valence-electron chi connectivity index (χ1n) is 9.05. The number of hydrogen-bond acceptors (Lipinski definition) is 4. The molecule has 6 heteroatoms. The van der Waals surface area contributed by atoms with Crippen LogP contribution in [-0.4, -0.2) is 20.6 Å². The SMILES string of the molecule is O=C1Nc2ccccc2/C1=C/c1nc2ccccc2c(=O)n1-c1cccc(O)c1. The molecule has 1 aliphatic heterocycles. The van der Waals surface area contributed by atoms with Crippen LogP contribution in [-0.2, 0) is 4.79 Å². The number of amides is 1. The van der Waals surface area contributed by atoms with Gasteiger partial charge >= 0.3 is 0 Å². The van der Waals surface area contributed by atoms with E-state index in [0.717, 1.165) is 11.3 Å². The lowest BCUT2D eigenvalue weighted by Crippen LogP contribution is -2.22. The van der Waals surface area contributed by atoms with Crippen LogP contribution in [0.1, 0.15) is 11.4 Å². The van der Waals surface area contributed by atoms with Crippen molar-refractivity contribution in [2.45, 2.75) is 0 Å². The van der Waals surface area contributed by atoms with Gasteiger partial charge < -0.3 is 10.4 Å². The molecule has 6 nitrogen and oxygen atoms in total. The van der Waals surface area contributed by atoms with Crippen LogP contribution in [0.2, 0.25) is 0 Å². The summed E-state index contributed by atoms with van der Waals surface area (Å²) in [5.41, 5.74) is 2.62. The smallest absolute Gasteiger partial charge is 0.266 e. The molecule has 0 unspecified atom stereocenters. The first-order chi connectivity index (χ1) is 14.1. The number of phenolic OH excluding ortho intramolecular Hbond substituents is 1. The number of fused-ring (bicyclic) bond motifs is 2. The zero-order chi connectivity index (χ0) is 20.0. The number of carbonyl (C=O) groups excluding carboxylic acids is 1. The topological polar surface area (TPSA) is 84.2 Å². The largest absolute Gasteiger partial charge is 0.508 e. The number of phenols is 1. The fourth-order valence-electron chi connectivity index (χ4n) is 3.54. The second-order valence-electron chi connectivity index (χ2n) is 6.71. The van der Waals surface area contributed by atoms with E-state index < -0.39 is 0 Å². The van der Waals surface area contributed by atoms with Gasteiger partial charge in [0.25, 0.3) is 11.5 Å². The minimum Gasteiger partial charge on any atom is -0.508 e. The van der Waals surface area contributed by atoms with Crippen molar-refractivity contribution < 1.29 is 9.90 Å². The fourth-order valence-corrected chi connectivity index (χ4v) is 3.54. The molecule has 2 heterocycles. The Bertz CT molecular complexity index is 1390. The summed E-state index contributed by atoms with van der Waals surface area (Å²) in [6.07, 6.45) is 1.61. The van der Waals surface area contributed by atoms with Crippen LogP contribution in [0.3, 0.4) is 0 Å². The van der Waals surface area contributed by atoms with E-state index in [9.17, 15) is 14.7 Å². The summed E-state index contributed by atoms with van der Waals surface area (Å²) < 4.78 is 1.41. The van der Waals surface area contributed by atoms with Gasteiger partial charge in [-0.15, -0.1) is 0 Å². The molecule has 0 spiro atoms. The monoisotopic (exact) mass is 381 g/mol. The van der Waals surface area contributed by atoms with Crippen molar-refractivity contribution in [2.75, 3.05) is 5.32 Å². The van der Waals surface area contributed by atoms with Crippen molar-refractivity contribution in [1.29, 1.82) is 0 Å². The number of nitrogens with zero attached hydrogens (tertiary/aromatic N) is 2. The Morgan fingerprint density at radius 2 is 1.72 bits per heavy atom. The third-order valence-electron chi connectivity index (χ3n) is 4.87. The molecule has 2 N–H and O–H groups in total. The van der Waals surface area contributed by atoms with Gasteiger partial charge in [-0.3, -0.25) is 14.2 Å². The number of carbonyl (C=O) groups is 1. The molecule has 0 atom stereocenters. The number of rotatable bonds is 2. The summed E-state index contributed by atoms with van der Waals surface area (Å²) in [6, 6.07) is 20.8. The number of para-hydroxylation sites is 2. The minimum absolute atomic E-state index is 0.0325. The molecule has 0 aliphatic carbocycles. The first kappa shape index (κ1) is 16.9. The molecule has 0 fully saturated rings. The Morgan fingerprint density at radius 3 is 2.59 bits per heavy atom. The van der Waals surface area contributed by atoms with Crippen molar-refractivity contribution in [3.8, 4) is 11.4 Å². The van der Waals surface area contributed by atoms with Gasteiger partial charge in [-0.05, 0) is 36.4 Å². The average molecular weight is 381 g/mol. The predicted molar refractivity (Wildman–Crippen MR) is 112 cm³/mol.